The van der Waals surface area contributed by atoms with Crippen LogP contribution in [-0.2, 0) is 10.0 Å². The first kappa shape index (κ1) is 12.3. The number of aromatic amines is 1. The first-order valence-electron chi connectivity index (χ1n) is 5.19. The summed E-state index contributed by atoms with van der Waals surface area (Å²) in [5, 5.41) is 3.63. The van der Waals surface area contributed by atoms with Crippen molar-refractivity contribution in [3.8, 4) is 0 Å². The molecule has 18 heavy (non-hydrogen) atoms. The number of hydrazone groups is 1. The van der Waals surface area contributed by atoms with Crippen LogP contribution in [-0.4, -0.2) is 24.6 Å². The Morgan fingerprint density at radius 3 is 2.67 bits per heavy atom. The number of nitrogens with one attached hydrogen (secondary N) is 2. The van der Waals surface area contributed by atoms with E-state index < -0.39 is 10.0 Å². The van der Waals surface area contributed by atoms with Crippen LogP contribution in [0.2, 0.25) is 0 Å². The third kappa shape index (κ3) is 2.95. The van der Waals surface area contributed by atoms with Gasteiger partial charge in [-0.2, -0.15) is 18.4 Å². The second-order valence-electron chi connectivity index (χ2n) is 3.64. The molecule has 0 bridgehead atoms. The number of H-pyrrole nitrogens is 1. The molecule has 94 valence electrons. The zero-order valence-electron chi connectivity index (χ0n) is 9.66. The lowest BCUT2D eigenvalue weighted by atomic mass is 10.2. The number of hydrogen-bond donors (Lipinski definition) is 2. The molecule has 0 spiro atoms. The molecule has 6 nitrogen and oxygen atoms in total. The lowest BCUT2D eigenvalue weighted by molar-refractivity contribution is 0.584. The van der Waals surface area contributed by atoms with Crippen molar-refractivity contribution in [2.75, 3.05) is 0 Å². The predicted octanol–water partition coefficient (Wildman–Crippen LogP) is 1.03. The van der Waals surface area contributed by atoms with Crippen LogP contribution < -0.4 is 4.83 Å². The molecule has 0 aliphatic rings. The lowest BCUT2D eigenvalue weighted by Gasteiger charge is -2.02. The van der Waals surface area contributed by atoms with Gasteiger partial charge in [0.2, 0.25) is 0 Å². The van der Waals surface area contributed by atoms with Crippen LogP contribution in [0.5, 0.6) is 0 Å². The van der Waals surface area contributed by atoms with Crippen LogP contribution in [0.25, 0.3) is 0 Å². The van der Waals surface area contributed by atoms with Crippen molar-refractivity contribution in [3.05, 3.63) is 48.0 Å². The molecule has 0 amide bonds. The number of rotatable bonds is 4. The predicted molar refractivity (Wildman–Crippen MR) is 67.7 cm³/mol. The summed E-state index contributed by atoms with van der Waals surface area (Å²) < 4.78 is 23.6. The van der Waals surface area contributed by atoms with Crippen molar-refractivity contribution < 1.29 is 8.42 Å². The summed E-state index contributed by atoms with van der Waals surface area (Å²) in [7, 11) is -3.62. The Balaban J connectivity index is 2.10. The van der Waals surface area contributed by atoms with Gasteiger partial charge in [0.15, 0.2) is 0 Å². The molecular weight excluding hydrogens is 252 g/mol. The summed E-state index contributed by atoms with van der Waals surface area (Å²) in [6, 6.07) is 6.51. The summed E-state index contributed by atoms with van der Waals surface area (Å²) in [4.78, 5) is 8.94. The van der Waals surface area contributed by atoms with Crippen molar-refractivity contribution >= 4 is 16.2 Å². The van der Waals surface area contributed by atoms with Gasteiger partial charge in [0.05, 0.1) is 11.1 Å². The van der Waals surface area contributed by atoms with E-state index in [4.69, 9.17) is 0 Å². The van der Waals surface area contributed by atoms with E-state index >= 15 is 0 Å². The third-order valence-electron chi connectivity index (χ3n) is 2.21. The van der Waals surface area contributed by atoms with E-state index in [1.807, 2.05) is 6.92 Å². The smallest absolute Gasteiger partial charge is 0.276 e. The van der Waals surface area contributed by atoms with Gasteiger partial charge in [-0.3, -0.25) is 0 Å². The Bertz CT molecular complexity index is 630. The number of hydrogen-bond acceptors (Lipinski definition) is 4. The Kier molecular flexibility index (Phi) is 3.42. The van der Waals surface area contributed by atoms with Crippen LogP contribution in [0.4, 0.5) is 0 Å². The van der Waals surface area contributed by atoms with Crippen molar-refractivity contribution in [1.82, 2.24) is 14.8 Å². The van der Waals surface area contributed by atoms with Gasteiger partial charge in [0, 0.05) is 12.4 Å². The zero-order valence-corrected chi connectivity index (χ0v) is 10.5. The van der Waals surface area contributed by atoms with Gasteiger partial charge in [-0.25, -0.2) is 4.98 Å². The summed E-state index contributed by atoms with van der Waals surface area (Å²) in [5.41, 5.74) is 0.994. The highest BCUT2D eigenvalue weighted by atomic mass is 32.2. The van der Waals surface area contributed by atoms with Gasteiger partial charge in [0.25, 0.3) is 10.0 Å². The minimum atomic E-state index is -3.62. The number of nitrogens with zero attached hydrogens (tertiary/aromatic N) is 2. The maximum Gasteiger partial charge on any atom is 0.276 e. The van der Waals surface area contributed by atoms with E-state index in [-0.39, 0.29) is 4.90 Å². The third-order valence-corrected chi connectivity index (χ3v) is 3.45. The van der Waals surface area contributed by atoms with E-state index in [1.54, 1.807) is 24.5 Å². The van der Waals surface area contributed by atoms with Crippen LogP contribution in [0.1, 0.15) is 11.4 Å². The molecule has 2 rings (SSSR count). The van der Waals surface area contributed by atoms with Gasteiger partial charge < -0.3 is 4.98 Å². The Hall–Kier alpha value is -2.15. The van der Waals surface area contributed by atoms with Gasteiger partial charge in [-0.1, -0.05) is 17.7 Å². The highest BCUT2D eigenvalue weighted by Crippen LogP contribution is 2.09. The fraction of sp³-hybridized carbons (Fsp3) is 0.0909. The van der Waals surface area contributed by atoms with E-state index in [0.717, 1.165) is 5.56 Å². The first-order chi connectivity index (χ1) is 8.58. The van der Waals surface area contributed by atoms with Crippen molar-refractivity contribution in [1.29, 1.82) is 0 Å². The van der Waals surface area contributed by atoms with Crippen LogP contribution in [0.15, 0.2) is 46.7 Å². The molecule has 1 aromatic carbocycles. The minimum absolute atomic E-state index is 0.171. The fourth-order valence-electron chi connectivity index (χ4n) is 1.28. The second kappa shape index (κ2) is 5.01. The number of sulfonamides is 1. The molecule has 1 aromatic heterocycles. The number of benzene rings is 1. The molecule has 2 aromatic rings. The zero-order chi connectivity index (χ0) is 13.0. The maximum atomic E-state index is 11.8. The second-order valence-corrected chi connectivity index (χ2v) is 5.30. The molecule has 7 heteroatoms. The summed E-state index contributed by atoms with van der Waals surface area (Å²) >= 11 is 0. The first-order valence-corrected chi connectivity index (χ1v) is 6.67. The Labute approximate surface area is 105 Å². The number of imidazole rings is 1. The molecule has 0 saturated heterocycles. The average molecular weight is 264 g/mol. The molecule has 0 radical (unpaired) electrons. The van der Waals surface area contributed by atoms with Crippen molar-refractivity contribution in [3.63, 3.8) is 0 Å². The Morgan fingerprint density at radius 1 is 1.33 bits per heavy atom. The summed E-state index contributed by atoms with van der Waals surface area (Å²) in [6.45, 7) is 1.89. The molecule has 2 N–H and O–H groups in total. The van der Waals surface area contributed by atoms with Crippen molar-refractivity contribution in [2.45, 2.75) is 11.8 Å². The number of aromatic nitrogens is 2. The number of aryl methyl sites for hydroxylation is 1. The highest BCUT2D eigenvalue weighted by molar-refractivity contribution is 7.89. The molecule has 1 heterocycles. The minimum Gasteiger partial charge on any atom is -0.344 e. The van der Waals surface area contributed by atoms with E-state index in [2.05, 4.69) is 19.9 Å². The monoisotopic (exact) mass is 264 g/mol. The van der Waals surface area contributed by atoms with Gasteiger partial charge >= 0.3 is 0 Å². The molecule has 0 unspecified atom stereocenters. The van der Waals surface area contributed by atoms with Crippen LogP contribution >= 0.6 is 0 Å². The summed E-state index contributed by atoms with van der Waals surface area (Å²) in [5.74, 6) is 0.474. The maximum absolute atomic E-state index is 11.8. The van der Waals surface area contributed by atoms with E-state index in [9.17, 15) is 8.42 Å². The molecule has 0 atom stereocenters. The standard InChI is InChI=1S/C11H12N4O2S/c1-9-2-4-10(5-3-9)18(16,17)15-14-8-11-12-6-7-13-11/h2-8,15H,1H3,(H,12,13)/b14-8+. The highest BCUT2D eigenvalue weighted by Gasteiger charge is 2.11. The molecule has 0 fully saturated rings. The van der Waals surface area contributed by atoms with E-state index in [1.165, 1.54) is 18.3 Å². The Morgan fingerprint density at radius 2 is 2.06 bits per heavy atom. The largest absolute Gasteiger partial charge is 0.344 e. The van der Waals surface area contributed by atoms with E-state index in [0.29, 0.717) is 5.82 Å². The quantitative estimate of drug-likeness (QED) is 0.638. The van der Waals surface area contributed by atoms with Crippen LogP contribution in [0.3, 0.4) is 0 Å². The van der Waals surface area contributed by atoms with Crippen LogP contribution in [0, 0.1) is 6.92 Å². The topological polar surface area (TPSA) is 87.2 Å². The fourth-order valence-corrected chi connectivity index (χ4v) is 2.07. The normalized spacial score (nSPS) is 11.8. The molecule has 0 saturated carbocycles. The van der Waals surface area contributed by atoms with Gasteiger partial charge in [-0.05, 0) is 19.1 Å². The van der Waals surface area contributed by atoms with Gasteiger partial charge in [-0.15, -0.1) is 0 Å². The summed E-state index contributed by atoms with van der Waals surface area (Å²) in [6.07, 6.45) is 4.47. The molecular formula is C11H12N4O2S. The molecule has 0 aliphatic heterocycles. The lowest BCUT2D eigenvalue weighted by Crippen LogP contribution is -2.18. The van der Waals surface area contributed by atoms with Gasteiger partial charge in [0.1, 0.15) is 5.82 Å². The molecule has 0 aliphatic carbocycles. The SMILES string of the molecule is Cc1ccc(S(=O)(=O)N/N=C/c2ncc[nH]2)cc1. The average Bonchev–Trinajstić information content (AvgIpc) is 2.82. The van der Waals surface area contributed by atoms with Crippen molar-refractivity contribution in [2.24, 2.45) is 5.10 Å².